The molecule has 1 heteroatoms. The molecule has 0 radical (unpaired) electrons. The molecular weight excluding hydrogens is 194 g/mol. The highest BCUT2D eigenvalue weighted by atomic mass is 15.1. The molecule has 1 saturated heterocycles. The molecule has 0 aromatic carbocycles. The highest BCUT2D eigenvalue weighted by Gasteiger charge is 2.11. The Bertz CT molecular complexity index is 144. The summed E-state index contributed by atoms with van der Waals surface area (Å²) in [5.74, 6) is 0. The van der Waals surface area contributed by atoms with Gasteiger partial charge >= 0.3 is 0 Å². The predicted molar refractivity (Wildman–Crippen MR) is 72.9 cm³/mol. The van der Waals surface area contributed by atoms with Gasteiger partial charge in [-0.3, -0.25) is 0 Å². The fourth-order valence-electron chi connectivity index (χ4n) is 2.68. The minimum atomic E-state index is 0.794. The van der Waals surface area contributed by atoms with Crippen molar-refractivity contribution in [3.8, 4) is 0 Å². The van der Waals surface area contributed by atoms with Crippen LogP contribution in [-0.2, 0) is 0 Å². The van der Waals surface area contributed by atoms with Crippen LogP contribution in [-0.4, -0.2) is 24.0 Å². The van der Waals surface area contributed by atoms with E-state index < -0.39 is 0 Å². The van der Waals surface area contributed by atoms with E-state index in [1.54, 1.807) is 0 Å². The molecule has 1 atom stereocenters. The molecule has 1 rings (SSSR count). The lowest BCUT2D eigenvalue weighted by atomic mass is 10.0. The Morgan fingerprint density at radius 3 is 1.50 bits per heavy atom. The lowest BCUT2D eigenvalue weighted by Gasteiger charge is -2.28. The van der Waals surface area contributed by atoms with Crippen molar-refractivity contribution in [2.45, 2.75) is 84.1 Å². The summed E-state index contributed by atoms with van der Waals surface area (Å²) in [4.78, 5) is 2.72. The van der Waals surface area contributed by atoms with E-state index in [-0.39, 0.29) is 0 Å². The van der Waals surface area contributed by atoms with Crippen LogP contribution in [0.1, 0.15) is 78.1 Å². The van der Waals surface area contributed by atoms with Gasteiger partial charge in [-0.2, -0.15) is 0 Å². The summed E-state index contributed by atoms with van der Waals surface area (Å²) < 4.78 is 0. The third-order valence-electron chi connectivity index (χ3n) is 4.10. The fraction of sp³-hybridized carbons (Fsp3) is 1.00. The van der Waals surface area contributed by atoms with E-state index in [0.29, 0.717) is 0 Å². The third kappa shape index (κ3) is 5.89. The summed E-state index contributed by atoms with van der Waals surface area (Å²) in [5, 5.41) is 0. The number of rotatable bonds is 2. The van der Waals surface area contributed by atoms with E-state index in [1.807, 2.05) is 0 Å². The van der Waals surface area contributed by atoms with Crippen LogP contribution >= 0.6 is 0 Å². The highest BCUT2D eigenvalue weighted by molar-refractivity contribution is 4.66. The van der Waals surface area contributed by atoms with Gasteiger partial charge in [0.2, 0.25) is 0 Å². The zero-order valence-corrected chi connectivity index (χ0v) is 11.5. The minimum absolute atomic E-state index is 0.794. The predicted octanol–water partition coefficient (Wildman–Crippen LogP) is 4.61. The molecule has 16 heavy (non-hydrogen) atoms. The maximum atomic E-state index is 2.72. The molecule has 0 amide bonds. The first-order chi connectivity index (χ1) is 7.84. The average molecular weight is 225 g/mol. The molecule has 1 aliphatic rings. The summed E-state index contributed by atoms with van der Waals surface area (Å²) in [6.45, 7) is 7.40. The van der Waals surface area contributed by atoms with Gasteiger partial charge < -0.3 is 4.90 Å². The van der Waals surface area contributed by atoms with Crippen molar-refractivity contribution in [2.75, 3.05) is 13.1 Å². The van der Waals surface area contributed by atoms with Crippen molar-refractivity contribution in [1.82, 2.24) is 4.90 Å². The Balaban J connectivity index is 2.30. The number of hydrogen-bond donors (Lipinski definition) is 0. The Morgan fingerprint density at radius 1 is 0.750 bits per heavy atom. The molecule has 0 bridgehead atoms. The van der Waals surface area contributed by atoms with Crippen molar-refractivity contribution in [3.63, 3.8) is 0 Å². The fourth-order valence-corrected chi connectivity index (χ4v) is 2.68. The van der Waals surface area contributed by atoms with E-state index in [4.69, 9.17) is 0 Å². The molecule has 0 saturated carbocycles. The summed E-state index contributed by atoms with van der Waals surface area (Å²) in [6.07, 6.45) is 14.4. The topological polar surface area (TPSA) is 3.24 Å². The van der Waals surface area contributed by atoms with Crippen molar-refractivity contribution >= 4 is 0 Å². The Kier molecular flexibility index (Phi) is 7.92. The first-order valence-corrected chi connectivity index (χ1v) is 7.58. The van der Waals surface area contributed by atoms with Crippen molar-refractivity contribution in [3.05, 3.63) is 0 Å². The van der Waals surface area contributed by atoms with Gasteiger partial charge in [0, 0.05) is 6.04 Å². The Labute approximate surface area is 103 Å². The first-order valence-electron chi connectivity index (χ1n) is 7.58. The van der Waals surface area contributed by atoms with Gasteiger partial charge in [-0.25, -0.2) is 0 Å². The van der Waals surface area contributed by atoms with Crippen LogP contribution < -0.4 is 0 Å². The molecular formula is C15H31N. The second kappa shape index (κ2) is 9.04. The van der Waals surface area contributed by atoms with Crippen molar-refractivity contribution in [1.29, 1.82) is 0 Å². The monoisotopic (exact) mass is 225 g/mol. The van der Waals surface area contributed by atoms with Crippen LogP contribution in [0, 0.1) is 0 Å². The summed E-state index contributed by atoms with van der Waals surface area (Å²) in [6, 6.07) is 0.794. The SMILES string of the molecule is CCC(C)N1CCCCCCCCCCC1. The molecule has 1 heterocycles. The van der Waals surface area contributed by atoms with E-state index in [9.17, 15) is 0 Å². The third-order valence-corrected chi connectivity index (χ3v) is 4.10. The molecule has 0 aromatic heterocycles. The second-order valence-electron chi connectivity index (χ2n) is 5.48. The largest absolute Gasteiger partial charge is 0.301 e. The van der Waals surface area contributed by atoms with Crippen LogP contribution in [0.3, 0.4) is 0 Å². The van der Waals surface area contributed by atoms with Crippen LogP contribution in [0.2, 0.25) is 0 Å². The molecule has 0 N–H and O–H groups in total. The van der Waals surface area contributed by atoms with Gasteiger partial charge in [-0.05, 0) is 39.3 Å². The van der Waals surface area contributed by atoms with Crippen molar-refractivity contribution in [2.24, 2.45) is 0 Å². The van der Waals surface area contributed by atoms with E-state index in [0.717, 1.165) is 6.04 Å². The number of hydrogen-bond acceptors (Lipinski definition) is 1. The Morgan fingerprint density at radius 2 is 1.12 bits per heavy atom. The van der Waals surface area contributed by atoms with E-state index in [1.165, 1.54) is 77.3 Å². The van der Waals surface area contributed by atoms with Crippen LogP contribution in [0.25, 0.3) is 0 Å². The lowest BCUT2D eigenvalue weighted by Crippen LogP contribution is -2.34. The number of nitrogens with zero attached hydrogens (tertiary/aromatic N) is 1. The smallest absolute Gasteiger partial charge is 0.00643 e. The molecule has 1 unspecified atom stereocenters. The van der Waals surface area contributed by atoms with Crippen LogP contribution in [0.4, 0.5) is 0 Å². The van der Waals surface area contributed by atoms with Crippen molar-refractivity contribution < 1.29 is 0 Å². The second-order valence-corrected chi connectivity index (χ2v) is 5.48. The maximum absolute atomic E-state index is 2.72. The van der Waals surface area contributed by atoms with Gasteiger partial charge in [-0.1, -0.05) is 51.9 Å². The van der Waals surface area contributed by atoms with Crippen LogP contribution in [0.5, 0.6) is 0 Å². The van der Waals surface area contributed by atoms with E-state index in [2.05, 4.69) is 18.7 Å². The molecule has 0 aliphatic carbocycles. The zero-order chi connectivity index (χ0) is 11.6. The highest BCUT2D eigenvalue weighted by Crippen LogP contribution is 2.14. The minimum Gasteiger partial charge on any atom is -0.301 e. The molecule has 0 spiro atoms. The lowest BCUT2D eigenvalue weighted by molar-refractivity contribution is 0.194. The van der Waals surface area contributed by atoms with Crippen LogP contribution in [0.15, 0.2) is 0 Å². The zero-order valence-electron chi connectivity index (χ0n) is 11.5. The van der Waals surface area contributed by atoms with E-state index >= 15 is 0 Å². The molecule has 1 aliphatic heterocycles. The summed E-state index contributed by atoms with van der Waals surface area (Å²) in [5.41, 5.74) is 0. The standard InChI is InChI=1S/C15H31N/c1-3-15(2)16-13-11-9-7-5-4-6-8-10-12-14-16/h15H,3-14H2,1-2H3. The van der Waals surface area contributed by atoms with Gasteiger partial charge in [0.1, 0.15) is 0 Å². The van der Waals surface area contributed by atoms with Gasteiger partial charge in [0.05, 0.1) is 0 Å². The summed E-state index contributed by atoms with van der Waals surface area (Å²) >= 11 is 0. The average Bonchev–Trinajstić information content (AvgIpc) is 2.29. The normalized spacial score (nSPS) is 24.4. The molecule has 1 nitrogen and oxygen atoms in total. The molecule has 1 fully saturated rings. The molecule has 96 valence electrons. The first kappa shape index (κ1) is 14.0. The summed E-state index contributed by atoms with van der Waals surface area (Å²) in [7, 11) is 0. The van der Waals surface area contributed by atoms with Gasteiger partial charge in [0.15, 0.2) is 0 Å². The molecule has 0 aromatic rings. The van der Waals surface area contributed by atoms with Gasteiger partial charge in [0.25, 0.3) is 0 Å². The van der Waals surface area contributed by atoms with Gasteiger partial charge in [-0.15, -0.1) is 0 Å². The Hall–Kier alpha value is -0.0400. The maximum Gasteiger partial charge on any atom is 0.00643 e. The quantitative estimate of drug-likeness (QED) is 0.663.